The molecular formula is C19H22N4O3. The maximum atomic E-state index is 12.3. The van der Waals surface area contributed by atoms with Crippen molar-refractivity contribution >= 4 is 11.5 Å². The highest BCUT2D eigenvalue weighted by molar-refractivity contribution is 5.68. The molecule has 0 bridgehead atoms. The van der Waals surface area contributed by atoms with Crippen molar-refractivity contribution in [3.63, 3.8) is 0 Å². The number of rotatable bonds is 6. The Morgan fingerprint density at radius 2 is 2.08 bits per heavy atom. The predicted molar refractivity (Wildman–Crippen MR) is 98.1 cm³/mol. The number of benzene rings is 1. The largest absolute Gasteiger partial charge is 0.497 e. The predicted octanol–water partition coefficient (Wildman–Crippen LogP) is 3.14. The van der Waals surface area contributed by atoms with Crippen LogP contribution in [0.25, 0.3) is 0 Å². The first-order valence-electron chi connectivity index (χ1n) is 8.67. The van der Waals surface area contributed by atoms with Crippen LogP contribution in [0.5, 0.6) is 11.5 Å². The van der Waals surface area contributed by atoms with Crippen LogP contribution >= 0.6 is 0 Å². The molecule has 1 aromatic heterocycles. The Labute approximate surface area is 152 Å². The molecule has 0 unspecified atom stereocenters. The van der Waals surface area contributed by atoms with E-state index in [2.05, 4.69) is 15.3 Å². The first-order chi connectivity index (χ1) is 12.6. The number of hydrogen-bond acceptors (Lipinski definition) is 6. The van der Waals surface area contributed by atoms with Crippen LogP contribution in [-0.2, 0) is 6.42 Å². The first-order valence-corrected chi connectivity index (χ1v) is 8.67. The van der Waals surface area contributed by atoms with E-state index in [4.69, 9.17) is 9.47 Å². The fourth-order valence-electron chi connectivity index (χ4n) is 3.33. The summed E-state index contributed by atoms with van der Waals surface area (Å²) in [5, 5.41) is 12.4. The zero-order chi connectivity index (χ0) is 18.5. The van der Waals surface area contributed by atoms with Crippen molar-refractivity contribution in [1.82, 2.24) is 9.97 Å². The van der Waals surface area contributed by atoms with Crippen LogP contribution in [0.4, 0.5) is 11.5 Å². The number of nitrogens with zero attached hydrogens (tertiary/aromatic N) is 2. The maximum Gasteiger partial charge on any atom is 0.271 e. The van der Waals surface area contributed by atoms with Gasteiger partial charge in [-0.25, -0.2) is 4.98 Å². The molecular weight excluding hydrogens is 332 g/mol. The van der Waals surface area contributed by atoms with Crippen LogP contribution < -0.4 is 20.3 Å². The van der Waals surface area contributed by atoms with Crippen LogP contribution in [0, 0.1) is 17.2 Å². The molecule has 1 aliphatic rings. The number of nitriles is 1. The molecule has 1 saturated carbocycles. The molecule has 1 aromatic carbocycles. The van der Waals surface area contributed by atoms with Gasteiger partial charge in [0.2, 0.25) is 0 Å². The second-order valence-electron chi connectivity index (χ2n) is 6.39. The van der Waals surface area contributed by atoms with Crippen LogP contribution in [-0.4, -0.2) is 24.2 Å². The molecule has 2 N–H and O–H groups in total. The number of anilines is 2. The summed E-state index contributed by atoms with van der Waals surface area (Å²) in [4.78, 5) is 19.6. The van der Waals surface area contributed by atoms with Gasteiger partial charge in [-0.3, -0.25) is 4.79 Å². The Balaban J connectivity index is 1.94. The Morgan fingerprint density at radius 1 is 1.31 bits per heavy atom. The molecule has 3 rings (SSSR count). The van der Waals surface area contributed by atoms with Gasteiger partial charge in [0.05, 0.1) is 19.9 Å². The minimum absolute atomic E-state index is 0.0435. The summed E-state index contributed by atoms with van der Waals surface area (Å²) in [5.41, 5.74) is 0.137. The van der Waals surface area contributed by atoms with E-state index >= 15 is 0 Å². The highest BCUT2D eigenvalue weighted by Crippen LogP contribution is 2.32. The lowest BCUT2D eigenvalue weighted by Gasteiger charge is -2.14. The third kappa shape index (κ3) is 3.80. The summed E-state index contributed by atoms with van der Waals surface area (Å²) in [6.45, 7) is 0. The number of nitrogens with one attached hydrogen (secondary N) is 2. The molecule has 1 aliphatic carbocycles. The lowest BCUT2D eigenvalue weighted by atomic mass is 10.0. The Hall–Kier alpha value is -3.01. The second kappa shape index (κ2) is 7.91. The number of H-pyrrole nitrogens is 1. The molecule has 136 valence electrons. The van der Waals surface area contributed by atoms with Crippen molar-refractivity contribution in [2.75, 3.05) is 19.5 Å². The third-order valence-electron chi connectivity index (χ3n) is 4.70. The van der Waals surface area contributed by atoms with Crippen molar-refractivity contribution in [2.45, 2.75) is 32.1 Å². The highest BCUT2D eigenvalue weighted by Gasteiger charge is 2.19. The lowest BCUT2D eigenvalue weighted by Crippen LogP contribution is -2.19. The second-order valence-corrected chi connectivity index (χ2v) is 6.39. The fourth-order valence-corrected chi connectivity index (χ4v) is 3.33. The van der Waals surface area contributed by atoms with Gasteiger partial charge in [-0.05, 0) is 18.1 Å². The van der Waals surface area contributed by atoms with Crippen LogP contribution in [0.15, 0.2) is 23.0 Å². The van der Waals surface area contributed by atoms with Crippen molar-refractivity contribution in [3.05, 3.63) is 39.9 Å². The number of ether oxygens (including phenoxy) is 2. The summed E-state index contributed by atoms with van der Waals surface area (Å²) in [6.07, 6.45) is 5.46. The monoisotopic (exact) mass is 354 g/mol. The zero-order valence-electron chi connectivity index (χ0n) is 15.0. The maximum absolute atomic E-state index is 12.3. The Bertz CT molecular complexity index is 879. The van der Waals surface area contributed by atoms with Gasteiger partial charge in [-0.1, -0.05) is 25.7 Å². The average Bonchev–Trinajstić information content (AvgIpc) is 3.15. The van der Waals surface area contributed by atoms with Gasteiger partial charge in [0, 0.05) is 12.5 Å². The van der Waals surface area contributed by atoms with Crippen molar-refractivity contribution in [3.8, 4) is 17.6 Å². The third-order valence-corrected chi connectivity index (χ3v) is 4.70. The van der Waals surface area contributed by atoms with Gasteiger partial charge in [0.25, 0.3) is 5.56 Å². The molecule has 1 fully saturated rings. The van der Waals surface area contributed by atoms with Crippen molar-refractivity contribution in [2.24, 2.45) is 5.92 Å². The molecule has 26 heavy (non-hydrogen) atoms. The van der Waals surface area contributed by atoms with E-state index in [9.17, 15) is 10.1 Å². The zero-order valence-corrected chi connectivity index (χ0v) is 15.0. The van der Waals surface area contributed by atoms with E-state index in [-0.39, 0.29) is 11.4 Å². The van der Waals surface area contributed by atoms with E-state index in [0.717, 1.165) is 19.3 Å². The summed E-state index contributed by atoms with van der Waals surface area (Å²) in [5.74, 6) is 2.57. The molecule has 0 saturated heterocycles. The molecule has 2 aromatic rings. The van der Waals surface area contributed by atoms with Gasteiger partial charge in [0.1, 0.15) is 23.4 Å². The Kier molecular flexibility index (Phi) is 5.42. The van der Waals surface area contributed by atoms with Crippen molar-refractivity contribution in [1.29, 1.82) is 5.26 Å². The standard InChI is InChI=1S/C19H22N4O3/c1-25-13-7-8-15(16(10-13)26-2)21-18-14(11-20)19(24)23-17(22-18)9-12-5-3-4-6-12/h7-8,10,12H,3-6,9H2,1-2H3,(H2,21,22,23,24). The van der Waals surface area contributed by atoms with Crippen molar-refractivity contribution < 1.29 is 9.47 Å². The van der Waals surface area contributed by atoms with E-state index in [0.29, 0.717) is 28.9 Å². The van der Waals surface area contributed by atoms with Gasteiger partial charge >= 0.3 is 0 Å². The molecule has 7 heteroatoms. The number of methoxy groups -OCH3 is 2. The molecule has 7 nitrogen and oxygen atoms in total. The molecule has 1 heterocycles. The van der Waals surface area contributed by atoms with Gasteiger partial charge in [-0.2, -0.15) is 5.26 Å². The van der Waals surface area contributed by atoms with Gasteiger partial charge in [0.15, 0.2) is 11.4 Å². The minimum atomic E-state index is -0.425. The summed E-state index contributed by atoms with van der Waals surface area (Å²) in [6, 6.07) is 7.18. The molecule has 0 atom stereocenters. The van der Waals surface area contributed by atoms with Crippen LogP contribution in [0.2, 0.25) is 0 Å². The summed E-state index contributed by atoms with van der Waals surface area (Å²) in [7, 11) is 3.12. The lowest BCUT2D eigenvalue weighted by molar-refractivity contribution is 0.395. The summed E-state index contributed by atoms with van der Waals surface area (Å²) < 4.78 is 10.6. The van der Waals surface area contributed by atoms with E-state index in [1.165, 1.54) is 12.8 Å². The Morgan fingerprint density at radius 3 is 2.73 bits per heavy atom. The van der Waals surface area contributed by atoms with Crippen LogP contribution in [0.1, 0.15) is 37.1 Å². The minimum Gasteiger partial charge on any atom is -0.497 e. The van der Waals surface area contributed by atoms with Crippen LogP contribution in [0.3, 0.4) is 0 Å². The van der Waals surface area contributed by atoms with E-state index in [1.807, 2.05) is 6.07 Å². The van der Waals surface area contributed by atoms with Gasteiger partial charge < -0.3 is 19.8 Å². The first kappa shape index (κ1) is 17.8. The van der Waals surface area contributed by atoms with E-state index in [1.54, 1.807) is 32.4 Å². The number of aromatic amines is 1. The summed E-state index contributed by atoms with van der Waals surface area (Å²) >= 11 is 0. The smallest absolute Gasteiger partial charge is 0.271 e. The fraction of sp³-hybridized carbons (Fsp3) is 0.421. The molecule has 0 spiro atoms. The average molecular weight is 354 g/mol. The van der Waals surface area contributed by atoms with Gasteiger partial charge in [-0.15, -0.1) is 0 Å². The number of aromatic nitrogens is 2. The molecule has 0 aliphatic heterocycles. The highest BCUT2D eigenvalue weighted by atomic mass is 16.5. The number of hydrogen-bond donors (Lipinski definition) is 2. The SMILES string of the molecule is COc1ccc(Nc2nc(CC3CCCC3)[nH]c(=O)c2C#N)c(OC)c1. The normalized spacial score (nSPS) is 14.0. The molecule has 0 amide bonds. The molecule has 0 radical (unpaired) electrons. The quantitative estimate of drug-likeness (QED) is 0.827. The topological polar surface area (TPSA) is 100 Å². The van der Waals surface area contributed by atoms with E-state index < -0.39 is 5.56 Å².